The second kappa shape index (κ2) is 6.53. The highest BCUT2D eigenvalue weighted by Crippen LogP contribution is 2.18. The molecule has 0 aliphatic carbocycles. The van der Waals surface area contributed by atoms with Gasteiger partial charge in [-0.15, -0.1) is 0 Å². The first-order valence-corrected chi connectivity index (χ1v) is 6.96. The first-order valence-electron chi connectivity index (χ1n) is 6.96. The average Bonchev–Trinajstić information content (AvgIpc) is 2.85. The minimum Gasteiger partial charge on any atom is -0.333 e. The van der Waals surface area contributed by atoms with E-state index in [2.05, 4.69) is 47.7 Å². The Bertz CT molecular complexity index is 488. The molecule has 0 radical (unpaired) electrons. The molecule has 1 heterocycles. The number of rotatable bonds is 6. The lowest BCUT2D eigenvalue weighted by molar-refractivity contribution is 0.483. The van der Waals surface area contributed by atoms with Gasteiger partial charge in [0.15, 0.2) is 0 Å². The molecule has 19 heavy (non-hydrogen) atoms. The summed E-state index contributed by atoms with van der Waals surface area (Å²) in [6.45, 7) is 5.33. The van der Waals surface area contributed by atoms with Crippen LogP contribution in [-0.4, -0.2) is 9.55 Å². The minimum atomic E-state index is 0.0817. The van der Waals surface area contributed by atoms with Crippen LogP contribution in [-0.2, 0) is 13.0 Å². The van der Waals surface area contributed by atoms with Gasteiger partial charge in [0.2, 0.25) is 0 Å². The van der Waals surface area contributed by atoms with E-state index in [0.29, 0.717) is 5.92 Å². The van der Waals surface area contributed by atoms with Crippen LogP contribution in [0.4, 0.5) is 0 Å². The van der Waals surface area contributed by atoms with Gasteiger partial charge in [-0.3, -0.25) is 0 Å². The molecule has 0 spiro atoms. The van der Waals surface area contributed by atoms with Gasteiger partial charge in [0.1, 0.15) is 0 Å². The Morgan fingerprint density at radius 1 is 1.21 bits per heavy atom. The lowest BCUT2D eigenvalue weighted by Gasteiger charge is -2.16. The van der Waals surface area contributed by atoms with E-state index in [1.54, 1.807) is 0 Å². The zero-order valence-corrected chi connectivity index (χ0v) is 11.8. The Morgan fingerprint density at radius 2 is 1.95 bits per heavy atom. The summed E-state index contributed by atoms with van der Waals surface area (Å²) < 4.78 is 2.18. The van der Waals surface area contributed by atoms with Gasteiger partial charge in [-0.2, -0.15) is 0 Å². The third kappa shape index (κ3) is 3.93. The lowest BCUT2D eigenvalue weighted by atomic mass is 10.0. The molecule has 0 bridgehead atoms. The van der Waals surface area contributed by atoms with Gasteiger partial charge in [0.25, 0.3) is 0 Å². The summed E-state index contributed by atoms with van der Waals surface area (Å²) in [5.41, 5.74) is 8.74. The lowest BCUT2D eigenvalue weighted by Crippen LogP contribution is -2.17. The highest BCUT2D eigenvalue weighted by atomic mass is 15.1. The van der Waals surface area contributed by atoms with Crippen molar-refractivity contribution in [1.82, 2.24) is 9.55 Å². The maximum absolute atomic E-state index is 6.25. The van der Waals surface area contributed by atoms with Crippen LogP contribution in [0.25, 0.3) is 0 Å². The van der Waals surface area contributed by atoms with Crippen molar-refractivity contribution in [2.24, 2.45) is 11.7 Å². The third-order valence-corrected chi connectivity index (χ3v) is 3.33. The number of hydrogen-bond donors (Lipinski definition) is 1. The highest BCUT2D eigenvalue weighted by molar-refractivity contribution is 5.15. The fourth-order valence-corrected chi connectivity index (χ4v) is 2.35. The minimum absolute atomic E-state index is 0.0817. The van der Waals surface area contributed by atoms with E-state index in [0.717, 1.165) is 25.1 Å². The van der Waals surface area contributed by atoms with Crippen LogP contribution < -0.4 is 5.73 Å². The van der Waals surface area contributed by atoms with Gasteiger partial charge in [-0.25, -0.2) is 4.98 Å². The molecule has 1 atom stereocenters. The van der Waals surface area contributed by atoms with Crippen LogP contribution in [0.1, 0.15) is 37.6 Å². The van der Waals surface area contributed by atoms with Crippen molar-refractivity contribution in [3.8, 4) is 0 Å². The van der Waals surface area contributed by atoms with Crippen LogP contribution in [0.2, 0.25) is 0 Å². The summed E-state index contributed by atoms with van der Waals surface area (Å²) in [4.78, 5) is 4.25. The zero-order valence-electron chi connectivity index (χ0n) is 11.8. The molecule has 3 heteroatoms. The Kier molecular flexibility index (Phi) is 4.74. The molecule has 3 nitrogen and oxygen atoms in total. The van der Waals surface area contributed by atoms with Crippen LogP contribution in [0.15, 0.2) is 42.9 Å². The largest absolute Gasteiger partial charge is 0.333 e. The predicted octanol–water partition coefficient (Wildman–Crippen LogP) is 3.17. The van der Waals surface area contributed by atoms with Crippen molar-refractivity contribution >= 4 is 0 Å². The topological polar surface area (TPSA) is 43.8 Å². The summed E-state index contributed by atoms with van der Waals surface area (Å²) in [7, 11) is 0. The Morgan fingerprint density at radius 3 is 2.63 bits per heavy atom. The monoisotopic (exact) mass is 257 g/mol. The van der Waals surface area contributed by atoms with E-state index < -0.39 is 0 Å². The van der Waals surface area contributed by atoms with Crippen LogP contribution >= 0.6 is 0 Å². The Labute approximate surface area is 115 Å². The summed E-state index contributed by atoms with van der Waals surface area (Å²) in [6, 6.07) is 10.6. The molecule has 2 N–H and O–H groups in total. The fourth-order valence-electron chi connectivity index (χ4n) is 2.35. The van der Waals surface area contributed by atoms with E-state index in [1.807, 2.05) is 18.6 Å². The molecule has 1 aromatic heterocycles. The molecule has 0 fully saturated rings. The number of benzene rings is 1. The highest BCUT2D eigenvalue weighted by Gasteiger charge is 2.12. The second-order valence-electron chi connectivity index (χ2n) is 5.48. The van der Waals surface area contributed by atoms with Crippen LogP contribution in [0.5, 0.6) is 0 Å². The van der Waals surface area contributed by atoms with E-state index in [9.17, 15) is 0 Å². The van der Waals surface area contributed by atoms with Crippen molar-refractivity contribution in [1.29, 1.82) is 0 Å². The molecule has 2 rings (SSSR count). The normalized spacial score (nSPS) is 12.8. The second-order valence-corrected chi connectivity index (χ2v) is 5.48. The molecular weight excluding hydrogens is 234 g/mol. The fraction of sp³-hybridized carbons (Fsp3) is 0.438. The van der Waals surface area contributed by atoms with E-state index >= 15 is 0 Å². The van der Waals surface area contributed by atoms with Gasteiger partial charge >= 0.3 is 0 Å². The van der Waals surface area contributed by atoms with Crippen molar-refractivity contribution in [2.75, 3.05) is 0 Å². The van der Waals surface area contributed by atoms with Crippen molar-refractivity contribution in [3.63, 3.8) is 0 Å². The van der Waals surface area contributed by atoms with Gasteiger partial charge in [0.05, 0.1) is 12.0 Å². The maximum Gasteiger partial charge on any atom is 0.0948 e. The van der Waals surface area contributed by atoms with Gasteiger partial charge in [0, 0.05) is 18.8 Å². The molecular formula is C16H23N3. The molecule has 0 amide bonds. The molecule has 0 saturated carbocycles. The molecule has 102 valence electrons. The van der Waals surface area contributed by atoms with Gasteiger partial charge < -0.3 is 10.3 Å². The predicted molar refractivity (Wildman–Crippen MR) is 78.8 cm³/mol. The number of aryl methyl sites for hydroxylation is 2. The summed E-state index contributed by atoms with van der Waals surface area (Å²) in [6.07, 6.45) is 5.80. The van der Waals surface area contributed by atoms with E-state index in [-0.39, 0.29) is 6.04 Å². The summed E-state index contributed by atoms with van der Waals surface area (Å²) in [5.74, 6) is 0.604. The first-order chi connectivity index (χ1) is 9.16. The molecule has 1 aromatic carbocycles. The smallest absolute Gasteiger partial charge is 0.0948 e. The van der Waals surface area contributed by atoms with Crippen molar-refractivity contribution < 1.29 is 0 Å². The number of nitrogens with two attached hydrogens (primary N) is 1. The van der Waals surface area contributed by atoms with Gasteiger partial charge in [-0.1, -0.05) is 44.2 Å². The third-order valence-electron chi connectivity index (χ3n) is 3.33. The molecule has 1 unspecified atom stereocenters. The number of nitrogens with zero attached hydrogens (tertiary/aromatic N) is 2. The molecule has 2 aromatic rings. The quantitative estimate of drug-likeness (QED) is 0.863. The summed E-state index contributed by atoms with van der Waals surface area (Å²) in [5, 5.41) is 0. The summed E-state index contributed by atoms with van der Waals surface area (Å²) >= 11 is 0. The molecule has 0 aliphatic rings. The SMILES string of the molecule is CC(C)CC(N)c1cncn1CCc1ccccc1. The number of aromatic nitrogens is 2. The Balaban J connectivity index is 2.00. The van der Waals surface area contributed by atoms with Crippen molar-refractivity contribution in [3.05, 3.63) is 54.1 Å². The number of imidazole rings is 1. The van der Waals surface area contributed by atoms with Crippen LogP contribution in [0, 0.1) is 5.92 Å². The molecule has 0 saturated heterocycles. The number of hydrogen-bond acceptors (Lipinski definition) is 2. The molecule has 0 aliphatic heterocycles. The van der Waals surface area contributed by atoms with Crippen LogP contribution in [0.3, 0.4) is 0 Å². The van der Waals surface area contributed by atoms with Crippen molar-refractivity contribution in [2.45, 2.75) is 39.3 Å². The van der Waals surface area contributed by atoms with E-state index in [1.165, 1.54) is 5.56 Å². The van der Waals surface area contributed by atoms with Gasteiger partial charge in [-0.05, 0) is 24.3 Å². The average molecular weight is 257 g/mol. The zero-order chi connectivity index (χ0) is 13.7. The first kappa shape index (κ1) is 13.8. The maximum atomic E-state index is 6.25. The van der Waals surface area contributed by atoms with E-state index in [4.69, 9.17) is 5.73 Å². The Hall–Kier alpha value is -1.61. The standard InChI is InChI=1S/C16H23N3/c1-13(2)10-15(17)16-11-18-12-19(16)9-8-14-6-4-3-5-7-14/h3-7,11-13,15H,8-10,17H2,1-2H3.